The average molecular weight is 198 g/mol. The molecule has 0 bridgehead atoms. The van der Waals surface area contributed by atoms with E-state index in [-0.39, 0.29) is 17.9 Å². The number of nitrogens with zero attached hydrogens (tertiary/aromatic N) is 1. The number of aliphatic hydroxyl groups is 1. The predicted octanol–water partition coefficient (Wildman–Crippen LogP) is -0.421. The largest absolute Gasteiger partial charge is 0.393 e. The minimum Gasteiger partial charge on any atom is -0.393 e. The van der Waals surface area contributed by atoms with Gasteiger partial charge in [-0.1, -0.05) is 0 Å². The second kappa shape index (κ2) is 4.28. The van der Waals surface area contributed by atoms with Crippen LogP contribution in [0.3, 0.4) is 0 Å². The Labute approximate surface area is 84.3 Å². The number of aliphatic hydroxyl groups excluding tert-OH is 1. The molecule has 0 aromatic heterocycles. The van der Waals surface area contributed by atoms with Gasteiger partial charge in [0.1, 0.15) is 0 Å². The molecule has 0 aliphatic carbocycles. The van der Waals surface area contributed by atoms with Crippen LogP contribution in [0.5, 0.6) is 0 Å². The first-order chi connectivity index (χ1) is 6.75. The van der Waals surface area contributed by atoms with Gasteiger partial charge in [0.25, 0.3) is 0 Å². The summed E-state index contributed by atoms with van der Waals surface area (Å²) in [4.78, 5) is 13.6. The second-order valence-electron chi connectivity index (χ2n) is 4.31. The minimum absolute atomic E-state index is 0.122. The van der Waals surface area contributed by atoms with Gasteiger partial charge in [0.05, 0.1) is 12.0 Å². The van der Waals surface area contributed by atoms with Crippen LogP contribution in [0.2, 0.25) is 0 Å². The summed E-state index contributed by atoms with van der Waals surface area (Å²) in [5.41, 5.74) is 0. The molecule has 4 nitrogen and oxygen atoms in total. The van der Waals surface area contributed by atoms with Crippen LogP contribution in [0.1, 0.15) is 19.3 Å². The highest BCUT2D eigenvalue weighted by Crippen LogP contribution is 2.15. The summed E-state index contributed by atoms with van der Waals surface area (Å²) in [6.45, 7) is 3.58. The van der Waals surface area contributed by atoms with Crippen molar-refractivity contribution in [2.24, 2.45) is 5.92 Å². The molecule has 2 aliphatic heterocycles. The Morgan fingerprint density at radius 3 is 2.64 bits per heavy atom. The minimum atomic E-state index is -0.122. The van der Waals surface area contributed by atoms with Gasteiger partial charge in [0.2, 0.25) is 5.91 Å². The van der Waals surface area contributed by atoms with Crippen LogP contribution in [0, 0.1) is 5.92 Å². The van der Waals surface area contributed by atoms with Crippen molar-refractivity contribution in [2.45, 2.75) is 25.4 Å². The van der Waals surface area contributed by atoms with E-state index in [1.54, 1.807) is 0 Å². The van der Waals surface area contributed by atoms with Crippen molar-refractivity contribution in [3.05, 3.63) is 0 Å². The van der Waals surface area contributed by atoms with E-state index in [2.05, 4.69) is 10.2 Å². The summed E-state index contributed by atoms with van der Waals surface area (Å²) in [6.07, 6.45) is 2.56. The molecular formula is C10H18N2O2. The molecular weight excluding hydrogens is 180 g/mol. The number of likely N-dealkylation sites (tertiary alicyclic amines) is 1. The number of carbonyl (C=O) groups excluding carboxylic acids is 1. The van der Waals surface area contributed by atoms with E-state index < -0.39 is 0 Å². The van der Waals surface area contributed by atoms with E-state index in [1.165, 1.54) is 0 Å². The third-order valence-corrected chi connectivity index (χ3v) is 3.20. The van der Waals surface area contributed by atoms with Crippen molar-refractivity contribution in [3.63, 3.8) is 0 Å². The van der Waals surface area contributed by atoms with Crippen molar-refractivity contribution in [1.29, 1.82) is 0 Å². The van der Waals surface area contributed by atoms with Gasteiger partial charge >= 0.3 is 0 Å². The Kier molecular flexibility index (Phi) is 3.03. The Balaban J connectivity index is 1.77. The molecule has 2 saturated heterocycles. The maximum absolute atomic E-state index is 11.3. The van der Waals surface area contributed by atoms with Crippen molar-refractivity contribution in [2.75, 3.05) is 26.2 Å². The molecule has 14 heavy (non-hydrogen) atoms. The highest BCUT2D eigenvalue weighted by molar-refractivity contribution is 5.80. The number of nitrogens with one attached hydrogen (secondary N) is 1. The fourth-order valence-corrected chi connectivity index (χ4v) is 2.23. The van der Waals surface area contributed by atoms with E-state index in [4.69, 9.17) is 0 Å². The Morgan fingerprint density at radius 2 is 2.07 bits per heavy atom. The lowest BCUT2D eigenvalue weighted by molar-refractivity contribution is -0.123. The highest BCUT2D eigenvalue weighted by Gasteiger charge is 2.27. The number of hydrogen-bond donors (Lipinski definition) is 2. The third-order valence-electron chi connectivity index (χ3n) is 3.20. The predicted molar refractivity (Wildman–Crippen MR) is 52.8 cm³/mol. The molecule has 0 radical (unpaired) electrons. The SMILES string of the molecule is O=C1NCCC1CN1CCC(O)CC1. The molecule has 2 heterocycles. The normalized spacial score (nSPS) is 30.6. The van der Waals surface area contributed by atoms with Crippen LogP contribution in [0.25, 0.3) is 0 Å². The molecule has 2 aliphatic rings. The van der Waals surface area contributed by atoms with Crippen LogP contribution in [-0.4, -0.2) is 48.2 Å². The van der Waals surface area contributed by atoms with E-state index >= 15 is 0 Å². The fraction of sp³-hybridized carbons (Fsp3) is 0.900. The Bertz CT molecular complexity index is 212. The number of hydrogen-bond acceptors (Lipinski definition) is 3. The van der Waals surface area contributed by atoms with E-state index in [9.17, 15) is 9.90 Å². The van der Waals surface area contributed by atoms with Crippen molar-refractivity contribution < 1.29 is 9.90 Å². The number of rotatable bonds is 2. The second-order valence-corrected chi connectivity index (χ2v) is 4.31. The van der Waals surface area contributed by atoms with Gasteiger partial charge in [-0.2, -0.15) is 0 Å². The Hall–Kier alpha value is -0.610. The highest BCUT2D eigenvalue weighted by atomic mass is 16.3. The van der Waals surface area contributed by atoms with Crippen LogP contribution >= 0.6 is 0 Å². The van der Waals surface area contributed by atoms with Crippen molar-refractivity contribution >= 4 is 5.91 Å². The van der Waals surface area contributed by atoms with Gasteiger partial charge in [0.15, 0.2) is 0 Å². The van der Waals surface area contributed by atoms with Crippen molar-refractivity contribution in [3.8, 4) is 0 Å². The van der Waals surface area contributed by atoms with Gasteiger partial charge in [0, 0.05) is 26.2 Å². The summed E-state index contributed by atoms with van der Waals surface area (Å²) in [5.74, 6) is 0.390. The quantitative estimate of drug-likeness (QED) is 0.633. The van der Waals surface area contributed by atoms with E-state index in [0.717, 1.165) is 45.4 Å². The molecule has 0 spiro atoms. The van der Waals surface area contributed by atoms with Gasteiger partial charge < -0.3 is 15.3 Å². The van der Waals surface area contributed by atoms with Crippen molar-refractivity contribution in [1.82, 2.24) is 10.2 Å². The lowest BCUT2D eigenvalue weighted by Gasteiger charge is -2.30. The average Bonchev–Trinajstić information content (AvgIpc) is 2.56. The summed E-state index contributed by atoms with van der Waals surface area (Å²) >= 11 is 0. The Morgan fingerprint density at radius 1 is 1.36 bits per heavy atom. The zero-order valence-electron chi connectivity index (χ0n) is 8.41. The third kappa shape index (κ3) is 2.25. The molecule has 2 N–H and O–H groups in total. The molecule has 4 heteroatoms. The lowest BCUT2D eigenvalue weighted by Crippen LogP contribution is -2.40. The van der Waals surface area contributed by atoms with Crippen LogP contribution < -0.4 is 5.32 Å². The molecule has 80 valence electrons. The first-order valence-electron chi connectivity index (χ1n) is 5.44. The molecule has 0 aromatic carbocycles. The van der Waals surface area contributed by atoms with Crippen LogP contribution in [0.4, 0.5) is 0 Å². The molecule has 2 rings (SSSR count). The van der Waals surface area contributed by atoms with E-state index in [0.29, 0.717) is 0 Å². The maximum Gasteiger partial charge on any atom is 0.224 e. The molecule has 1 unspecified atom stereocenters. The van der Waals surface area contributed by atoms with Gasteiger partial charge in [-0.15, -0.1) is 0 Å². The van der Waals surface area contributed by atoms with Crippen LogP contribution in [-0.2, 0) is 4.79 Å². The molecule has 0 aromatic rings. The summed E-state index contributed by atoms with van der Waals surface area (Å²) < 4.78 is 0. The zero-order valence-corrected chi connectivity index (χ0v) is 8.41. The first-order valence-corrected chi connectivity index (χ1v) is 5.44. The van der Waals surface area contributed by atoms with Crippen LogP contribution in [0.15, 0.2) is 0 Å². The number of amides is 1. The molecule has 2 fully saturated rings. The standard InChI is InChI=1S/C10H18N2O2/c13-9-2-5-12(6-3-9)7-8-1-4-11-10(8)14/h8-9,13H,1-7H2,(H,11,14). The van der Waals surface area contributed by atoms with Gasteiger partial charge in [-0.3, -0.25) is 4.79 Å². The fourth-order valence-electron chi connectivity index (χ4n) is 2.23. The lowest BCUT2D eigenvalue weighted by atomic mass is 10.0. The van der Waals surface area contributed by atoms with E-state index in [1.807, 2.05) is 0 Å². The topological polar surface area (TPSA) is 52.6 Å². The number of piperidine rings is 1. The van der Waals surface area contributed by atoms with Gasteiger partial charge in [-0.25, -0.2) is 0 Å². The smallest absolute Gasteiger partial charge is 0.224 e. The monoisotopic (exact) mass is 198 g/mol. The number of carbonyl (C=O) groups is 1. The molecule has 1 atom stereocenters. The maximum atomic E-state index is 11.3. The zero-order chi connectivity index (χ0) is 9.97. The summed E-state index contributed by atoms with van der Waals surface area (Å²) in [6, 6.07) is 0. The first kappa shape index (κ1) is 9.93. The summed E-state index contributed by atoms with van der Waals surface area (Å²) in [7, 11) is 0. The summed E-state index contributed by atoms with van der Waals surface area (Å²) in [5, 5.41) is 12.2. The van der Waals surface area contributed by atoms with Gasteiger partial charge in [-0.05, 0) is 19.3 Å². The molecule has 1 amide bonds. The molecule has 0 saturated carbocycles.